The Labute approximate surface area is 111 Å². The van der Waals surface area contributed by atoms with Crippen LogP contribution < -0.4 is 4.74 Å². The normalized spacial score (nSPS) is 9.74. The van der Waals surface area contributed by atoms with Crippen LogP contribution >= 0.6 is 0 Å². The fraction of sp³-hybridized carbons (Fsp3) is 0.308. The Balaban J connectivity index is 2.96. The van der Waals surface area contributed by atoms with Crippen molar-refractivity contribution in [2.24, 2.45) is 0 Å². The molecule has 0 fully saturated rings. The molecule has 1 N–H and O–H groups in total. The molecule has 6 nitrogen and oxygen atoms in total. The molecular weight excluding hydrogens is 248 g/mol. The lowest BCUT2D eigenvalue weighted by Crippen LogP contribution is -2.36. The van der Waals surface area contributed by atoms with Gasteiger partial charge in [0.2, 0.25) is 0 Å². The van der Waals surface area contributed by atoms with Gasteiger partial charge in [0.05, 0.1) is 0 Å². The number of hydrogen-bond acceptors (Lipinski definition) is 4. The number of rotatable bonds is 7. The second-order valence-corrected chi connectivity index (χ2v) is 3.66. The first-order valence-corrected chi connectivity index (χ1v) is 5.80. The number of carboxylic acid groups (broad SMARTS) is 1. The molecule has 0 radical (unpaired) electrons. The lowest BCUT2D eigenvalue weighted by atomic mass is 10.3. The first-order chi connectivity index (χ1) is 9.10. The minimum atomic E-state index is -1.07. The molecule has 0 saturated heterocycles. The standard InChI is InChI=1S/C13H16N2O4/c1-3-8-19-10-6-5-7-14-12(10)13(18)15(4-2)9-11(16)17/h3,5-7H,1,4,8-9H2,2H3,(H,16,17). The van der Waals surface area contributed by atoms with E-state index in [1.807, 2.05) is 0 Å². The molecule has 0 aliphatic rings. The first kappa shape index (κ1) is 14.7. The molecule has 19 heavy (non-hydrogen) atoms. The van der Waals surface area contributed by atoms with Gasteiger partial charge in [-0.15, -0.1) is 0 Å². The third kappa shape index (κ3) is 4.09. The number of carboxylic acids is 1. The number of carbonyl (C=O) groups is 2. The number of aliphatic carboxylic acids is 1. The van der Waals surface area contributed by atoms with E-state index in [4.69, 9.17) is 9.84 Å². The fourth-order valence-electron chi connectivity index (χ4n) is 1.46. The highest BCUT2D eigenvalue weighted by Gasteiger charge is 2.21. The Bertz CT molecular complexity index is 473. The number of carbonyl (C=O) groups excluding carboxylic acids is 1. The third-order valence-electron chi connectivity index (χ3n) is 2.33. The monoisotopic (exact) mass is 264 g/mol. The number of aromatic nitrogens is 1. The second-order valence-electron chi connectivity index (χ2n) is 3.66. The summed E-state index contributed by atoms with van der Waals surface area (Å²) >= 11 is 0. The summed E-state index contributed by atoms with van der Waals surface area (Å²) in [5.41, 5.74) is 0.104. The molecule has 6 heteroatoms. The Morgan fingerprint density at radius 1 is 1.58 bits per heavy atom. The molecule has 1 aromatic rings. The van der Waals surface area contributed by atoms with Crippen LogP contribution in [0.4, 0.5) is 0 Å². The van der Waals surface area contributed by atoms with Gasteiger partial charge in [-0.3, -0.25) is 9.59 Å². The van der Waals surface area contributed by atoms with Crippen LogP contribution in [0.1, 0.15) is 17.4 Å². The molecule has 0 spiro atoms. The lowest BCUT2D eigenvalue weighted by molar-refractivity contribution is -0.137. The van der Waals surface area contributed by atoms with E-state index in [1.165, 1.54) is 11.1 Å². The summed E-state index contributed by atoms with van der Waals surface area (Å²) in [5.74, 6) is -1.22. The maximum absolute atomic E-state index is 12.2. The Morgan fingerprint density at radius 2 is 2.32 bits per heavy atom. The van der Waals surface area contributed by atoms with E-state index in [0.29, 0.717) is 5.75 Å². The highest BCUT2D eigenvalue weighted by Crippen LogP contribution is 2.17. The predicted molar refractivity (Wildman–Crippen MR) is 69.1 cm³/mol. The van der Waals surface area contributed by atoms with E-state index in [9.17, 15) is 9.59 Å². The van der Waals surface area contributed by atoms with E-state index in [1.54, 1.807) is 25.1 Å². The SMILES string of the molecule is C=CCOc1cccnc1C(=O)N(CC)CC(=O)O. The van der Waals surface area contributed by atoms with E-state index < -0.39 is 11.9 Å². The van der Waals surface area contributed by atoms with Crippen molar-refractivity contribution in [3.8, 4) is 5.75 Å². The van der Waals surface area contributed by atoms with Gasteiger partial charge in [0.15, 0.2) is 11.4 Å². The number of amides is 1. The largest absolute Gasteiger partial charge is 0.487 e. The van der Waals surface area contributed by atoms with Crippen LogP contribution in [0.3, 0.4) is 0 Å². The van der Waals surface area contributed by atoms with Gasteiger partial charge in [-0.1, -0.05) is 12.7 Å². The lowest BCUT2D eigenvalue weighted by Gasteiger charge is -2.19. The van der Waals surface area contributed by atoms with Gasteiger partial charge in [0.1, 0.15) is 13.2 Å². The first-order valence-electron chi connectivity index (χ1n) is 5.80. The van der Waals surface area contributed by atoms with Crippen LogP contribution in [0.25, 0.3) is 0 Å². The average Bonchev–Trinajstić information content (AvgIpc) is 2.41. The summed E-state index contributed by atoms with van der Waals surface area (Å²) in [4.78, 5) is 28.0. The maximum atomic E-state index is 12.2. The number of ether oxygens (including phenoxy) is 1. The molecule has 0 bridgehead atoms. The van der Waals surface area contributed by atoms with Crippen LogP contribution in [0, 0.1) is 0 Å². The number of pyridine rings is 1. The van der Waals surface area contributed by atoms with E-state index in [2.05, 4.69) is 11.6 Å². The molecule has 102 valence electrons. The minimum Gasteiger partial charge on any atom is -0.487 e. The van der Waals surface area contributed by atoms with Crippen LogP contribution in [-0.4, -0.2) is 46.6 Å². The molecule has 0 aliphatic carbocycles. The van der Waals surface area contributed by atoms with Crippen molar-refractivity contribution < 1.29 is 19.4 Å². The third-order valence-corrected chi connectivity index (χ3v) is 2.33. The summed E-state index contributed by atoms with van der Waals surface area (Å²) in [6.07, 6.45) is 3.01. The van der Waals surface area contributed by atoms with Crippen molar-refractivity contribution in [1.82, 2.24) is 9.88 Å². The molecule has 1 aromatic heterocycles. The molecule has 0 atom stereocenters. The van der Waals surface area contributed by atoms with Crippen LogP contribution in [0.5, 0.6) is 5.75 Å². The van der Waals surface area contributed by atoms with Gasteiger partial charge in [0, 0.05) is 12.7 Å². The molecule has 0 saturated carbocycles. The van der Waals surface area contributed by atoms with Gasteiger partial charge in [0.25, 0.3) is 5.91 Å². The minimum absolute atomic E-state index is 0.104. The smallest absolute Gasteiger partial charge is 0.323 e. The Morgan fingerprint density at radius 3 is 2.89 bits per heavy atom. The maximum Gasteiger partial charge on any atom is 0.323 e. The molecule has 0 unspecified atom stereocenters. The van der Waals surface area contributed by atoms with Gasteiger partial charge in [-0.25, -0.2) is 4.98 Å². The van der Waals surface area contributed by atoms with E-state index in [-0.39, 0.29) is 25.4 Å². The van der Waals surface area contributed by atoms with E-state index >= 15 is 0 Å². The zero-order chi connectivity index (χ0) is 14.3. The molecular formula is C13H16N2O4. The predicted octanol–water partition coefficient (Wildman–Crippen LogP) is 1.19. The topological polar surface area (TPSA) is 79.7 Å². The fourth-order valence-corrected chi connectivity index (χ4v) is 1.46. The van der Waals surface area contributed by atoms with Gasteiger partial charge in [-0.05, 0) is 19.1 Å². The summed E-state index contributed by atoms with van der Waals surface area (Å²) < 4.78 is 5.33. The van der Waals surface area contributed by atoms with Crippen molar-refractivity contribution in [2.75, 3.05) is 19.7 Å². The number of nitrogens with zero attached hydrogens (tertiary/aromatic N) is 2. The van der Waals surface area contributed by atoms with Crippen molar-refractivity contribution in [2.45, 2.75) is 6.92 Å². The summed E-state index contributed by atoms with van der Waals surface area (Å²) in [6.45, 7) is 5.38. The number of likely N-dealkylation sites (N-methyl/N-ethyl adjacent to an activating group) is 1. The molecule has 1 rings (SSSR count). The van der Waals surface area contributed by atoms with Crippen LogP contribution in [-0.2, 0) is 4.79 Å². The molecule has 0 aliphatic heterocycles. The average molecular weight is 264 g/mol. The zero-order valence-electron chi connectivity index (χ0n) is 10.7. The molecule has 1 amide bonds. The molecule has 1 heterocycles. The summed E-state index contributed by atoms with van der Waals surface area (Å²) in [6, 6.07) is 3.25. The van der Waals surface area contributed by atoms with Crippen molar-refractivity contribution >= 4 is 11.9 Å². The highest BCUT2D eigenvalue weighted by atomic mass is 16.5. The summed E-state index contributed by atoms with van der Waals surface area (Å²) in [7, 11) is 0. The summed E-state index contributed by atoms with van der Waals surface area (Å²) in [5, 5.41) is 8.76. The van der Waals surface area contributed by atoms with Gasteiger partial charge in [-0.2, -0.15) is 0 Å². The Hall–Kier alpha value is -2.37. The van der Waals surface area contributed by atoms with Crippen LogP contribution in [0.15, 0.2) is 31.0 Å². The zero-order valence-corrected chi connectivity index (χ0v) is 10.7. The van der Waals surface area contributed by atoms with Crippen LogP contribution in [0.2, 0.25) is 0 Å². The second kappa shape index (κ2) is 7.15. The van der Waals surface area contributed by atoms with E-state index in [0.717, 1.165) is 0 Å². The quantitative estimate of drug-likeness (QED) is 0.748. The van der Waals surface area contributed by atoms with Gasteiger partial charge >= 0.3 is 5.97 Å². The van der Waals surface area contributed by atoms with Crippen molar-refractivity contribution in [1.29, 1.82) is 0 Å². The van der Waals surface area contributed by atoms with Crippen molar-refractivity contribution in [3.63, 3.8) is 0 Å². The Kier molecular flexibility index (Phi) is 5.53. The number of hydrogen-bond donors (Lipinski definition) is 1. The van der Waals surface area contributed by atoms with Crippen molar-refractivity contribution in [3.05, 3.63) is 36.7 Å². The molecule has 0 aromatic carbocycles. The van der Waals surface area contributed by atoms with Gasteiger partial charge < -0.3 is 14.7 Å². The highest BCUT2D eigenvalue weighted by molar-refractivity contribution is 5.96.